The highest BCUT2D eigenvalue weighted by molar-refractivity contribution is 14.1. The van der Waals surface area contributed by atoms with E-state index in [1.807, 2.05) is 66.7 Å². The molecule has 0 aliphatic carbocycles. The van der Waals surface area contributed by atoms with Gasteiger partial charge in [0.1, 0.15) is 12.4 Å². The zero-order valence-corrected chi connectivity index (χ0v) is 18.2. The van der Waals surface area contributed by atoms with Crippen LogP contribution in [0.4, 0.5) is 0 Å². The lowest BCUT2D eigenvalue weighted by Crippen LogP contribution is -2.35. The first-order valence-corrected chi connectivity index (χ1v) is 10.3. The van der Waals surface area contributed by atoms with Gasteiger partial charge in [0, 0.05) is 9.13 Å². The Morgan fingerprint density at radius 2 is 1.63 bits per heavy atom. The van der Waals surface area contributed by atoms with Crippen molar-refractivity contribution in [1.82, 2.24) is 10.7 Å². The van der Waals surface area contributed by atoms with Crippen molar-refractivity contribution in [2.24, 2.45) is 5.10 Å². The predicted molar refractivity (Wildman–Crippen MR) is 124 cm³/mol. The Morgan fingerprint density at radius 1 is 0.933 bits per heavy atom. The zero-order chi connectivity index (χ0) is 21.2. The van der Waals surface area contributed by atoms with Crippen LogP contribution in [0, 0.1) is 3.57 Å². The maximum Gasteiger partial charge on any atom is 0.259 e. The SMILES string of the molecule is O=C(CNC(=O)c1ccccc1I)N/N=C/c1ccccc1OCc1ccccc1. The van der Waals surface area contributed by atoms with Gasteiger partial charge in [0.05, 0.1) is 18.3 Å². The number of nitrogens with zero attached hydrogens (tertiary/aromatic N) is 1. The number of rotatable bonds is 8. The monoisotopic (exact) mass is 513 g/mol. The van der Waals surface area contributed by atoms with Gasteiger partial charge in [-0.3, -0.25) is 9.59 Å². The Hall–Kier alpha value is -3.20. The molecule has 0 bridgehead atoms. The van der Waals surface area contributed by atoms with Crippen LogP contribution in [0.2, 0.25) is 0 Å². The first-order chi connectivity index (χ1) is 14.6. The van der Waals surface area contributed by atoms with Crippen LogP contribution < -0.4 is 15.5 Å². The van der Waals surface area contributed by atoms with Gasteiger partial charge in [-0.05, 0) is 52.4 Å². The normalized spacial score (nSPS) is 10.6. The summed E-state index contributed by atoms with van der Waals surface area (Å²) in [5.74, 6) is -0.0710. The van der Waals surface area contributed by atoms with E-state index in [0.29, 0.717) is 17.9 Å². The van der Waals surface area contributed by atoms with Crippen LogP contribution in [0.15, 0.2) is 84.0 Å². The average molecular weight is 513 g/mol. The third-order valence-electron chi connectivity index (χ3n) is 4.08. The number of carbonyl (C=O) groups excluding carboxylic acids is 2. The van der Waals surface area contributed by atoms with Gasteiger partial charge in [0.2, 0.25) is 0 Å². The molecule has 0 aliphatic rings. The van der Waals surface area contributed by atoms with E-state index in [9.17, 15) is 9.59 Å². The molecule has 152 valence electrons. The second kappa shape index (κ2) is 11.1. The van der Waals surface area contributed by atoms with Crippen molar-refractivity contribution in [2.45, 2.75) is 6.61 Å². The number of benzene rings is 3. The molecular formula is C23H20IN3O3. The largest absolute Gasteiger partial charge is 0.488 e. The van der Waals surface area contributed by atoms with E-state index in [2.05, 4.69) is 38.4 Å². The molecule has 2 N–H and O–H groups in total. The van der Waals surface area contributed by atoms with Gasteiger partial charge in [-0.1, -0.05) is 54.6 Å². The lowest BCUT2D eigenvalue weighted by Gasteiger charge is -2.09. The molecular weight excluding hydrogens is 493 g/mol. The van der Waals surface area contributed by atoms with Crippen molar-refractivity contribution in [1.29, 1.82) is 0 Å². The molecule has 0 unspecified atom stereocenters. The van der Waals surface area contributed by atoms with Crippen molar-refractivity contribution in [3.8, 4) is 5.75 Å². The maximum absolute atomic E-state index is 12.1. The van der Waals surface area contributed by atoms with Gasteiger partial charge in [0.25, 0.3) is 11.8 Å². The Morgan fingerprint density at radius 3 is 2.43 bits per heavy atom. The van der Waals surface area contributed by atoms with Crippen molar-refractivity contribution in [2.75, 3.05) is 6.54 Å². The van der Waals surface area contributed by atoms with E-state index in [-0.39, 0.29) is 12.5 Å². The summed E-state index contributed by atoms with van der Waals surface area (Å²) < 4.78 is 6.68. The standard InChI is InChI=1S/C23H20IN3O3/c24-20-12-6-5-11-19(20)23(29)25-15-22(28)27-26-14-18-10-4-7-13-21(18)30-16-17-8-2-1-3-9-17/h1-14H,15-16H2,(H,25,29)(H,27,28)/b26-14+. The topological polar surface area (TPSA) is 79.8 Å². The lowest BCUT2D eigenvalue weighted by molar-refractivity contribution is -0.120. The molecule has 0 radical (unpaired) electrons. The third kappa shape index (κ3) is 6.41. The number of hydrazone groups is 1. The molecule has 0 saturated carbocycles. The zero-order valence-electron chi connectivity index (χ0n) is 16.0. The Bertz CT molecular complexity index is 1040. The average Bonchev–Trinajstić information content (AvgIpc) is 2.78. The van der Waals surface area contributed by atoms with Gasteiger partial charge in [-0.2, -0.15) is 5.10 Å². The first kappa shape index (κ1) is 21.5. The summed E-state index contributed by atoms with van der Waals surface area (Å²) >= 11 is 2.08. The summed E-state index contributed by atoms with van der Waals surface area (Å²) in [5, 5.41) is 6.55. The van der Waals surface area contributed by atoms with Crippen molar-refractivity contribution in [3.63, 3.8) is 0 Å². The third-order valence-corrected chi connectivity index (χ3v) is 5.02. The molecule has 6 nitrogen and oxygen atoms in total. The number of hydrogen-bond donors (Lipinski definition) is 2. The molecule has 30 heavy (non-hydrogen) atoms. The summed E-state index contributed by atoms with van der Waals surface area (Å²) in [7, 11) is 0. The molecule has 3 aromatic carbocycles. The van der Waals surface area contributed by atoms with Gasteiger partial charge in [-0.15, -0.1) is 0 Å². The number of ether oxygens (including phenoxy) is 1. The van der Waals surface area contributed by atoms with Gasteiger partial charge < -0.3 is 10.1 Å². The van der Waals surface area contributed by atoms with E-state index >= 15 is 0 Å². The first-order valence-electron chi connectivity index (χ1n) is 9.24. The predicted octanol–water partition coefficient (Wildman–Crippen LogP) is 3.75. The van der Waals surface area contributed by atoms with E-state index in [1.54, 1.807) is 12.1 Å². The fourth-order valence-corrected chi connectivity index (χ4v) is 3.20. The summed E-state index contributed by atoms with van der Waals surface area (Å²) in [6.07, 6.45) is 1.51. The van der Waals surface area contributed by atoms with Crippen molar-refractivity contribution >= 4 is 40.6 Å². The maximum atomic E-state index is 12.1. The van der Waals surface area contributed by atoms with Crippen LogP contribution >= 0.6 is 22.6 Å². The van der Waals surface area contributed by atoms with E-state index in [1.165, 1.54) is 6.21 Å². The van der Waals surface area contributed by atoms with Crippen LogP contribution in [0.5, 0.6) is 5.75 Å². The molecule has 7 heteroatoms. The molecule has 0 atom stereocenters. The van der Waals surface area contributed by atoms with Crippen LogP contribution in [-0.2, 0) is 11.4 Å². The molecule has 3 rings (SSSR count). The molecule has 0 saturated heterocycles. The summed E-state index contributed by atoms with van der Waals surface area (Å²) in [4.78, 5) is 24.1. The van der Waals surface area contributed by atoms with Crippen LogP contribution in [-0.4, -0.2) is 24.6 Å². The quantitative estimate of drug-likeness (QED) is 0.274. The van der Waals surface area contributed by atoms with Crippen molar-refractivity contribution in [3.05, 3.63) is 99.1 Å². The highest BCUT2D eigenvalue weighted by atomic mass is 127. The fraction of sp³-hybridized carbons (Fsp3) is 0.0870. The minimum absolute atomic E-state index is 0.173. The highest BCUT2D eigenvalue weighted by Crippen LogP contribution is 2.17. The molecule has 3 aromatic rings. The summed E-state index contributed by atoms with van der Waals surface area (Å²) in [5.41, 5.74) is 4.73. The van der Waals surface area contributed by atoms with Crippen LogP contribution in [0.1, 0.15) is 21.5 Å². The number of halogens is 1. The molecule has 0 heterocycles. The van der Waals surface area contributed by atoms with E-state index in [4.69, 9.17) is 4.74 Å². The lowest BCUT2D eigenvalue weighted by atomic mass is 10.2. The van der Waals surface area contributed by atoms with Gasteiger partial charge >= 0.3 is 0 Å². The molecule has 0 fully saturated rings. The number of amides is 2. The van der Waals surface area contributed by atoms with Crippen LogP contribution in [0.3, 0.4) is 0 Å². The smallest absolute Gasteiger partial charge is 0.259 e. The minimum Gasteiger partial charge on any atom is -0.488 e. The Labute approximate surface area is 188 Å². The van der Waals surface area contributed by atoms with Crippen LogP contribution in [0.25, 0.3) is 0 Å². The molecule has 0 aromatic heterocycles. The number of hydrogen-bond acceptors (Lipinski definition) is 4. The van der Waals surface area contributed by atoms with Gasteiger partial charge in [0.15, 0.2) is 0 Å². The molecule has 2 amide bonds. The number of para-hydroxylation sites is 1. The Kier molecular flexibility index (Phi) is 7.96. The van der Waals surface area contributed by atoms with E-state index in [0.717, 1.165) is 14.7 Å². The van der Waals surface area contributed by atoms with Gasteiger partial charge in [-0.25, -0.2) is 5.43 Å². The summed E-state index contributed by atoms with van der Waals surface area (Å²) in [6.45, 7) is 0.260. The number of carbonyl (C=O) groups is 2. The Balaban J connectivity index is 1.50. The van der Waals surface area contributed by atoms with E-state index < -0.39 is 5.91 Å². The highest BCUT2D eigenvalue weighted by Gasteiger charge is 2.10. The summed E-state index contributed by atoms with van der Waals surface area (Å²) in [6, 6.07) is 24.4. The fourth-order valence-electron chi connectivity index (χ4n) is 2.57. The van der Waals surface area contributed by atoms with Crippen molar-refractivity contribution < 1.29 is 14.3 Å². The molecule has 0 spiro atoms. The second-order valence-electron chi connectivity index (χ2n) is 6.27. The second-order valence-corrected chi connectivity index (χ2v) is 7.43. The number of nitrogens with one attached hydrogen (secondary N) is 2. The molecule has 0 aliphatic heterocycles. The minimum atomic E-state index is -0.423.